The molecule has 3 rings (SSSR count). The lowest BCUT2D eigenvalue weighted by Crippen LogP contribution is -2.04. The summed E-state index contributed by atoms with van der Waals surface area (Å²) in [5.41, 5.74) is 1.79. The Kier molecular flexibility index (Phi) is 4.44. The predicted octanol–water partition coefficient (Wildman–Crippen LogP) is 5.56. The third-order valence-electron chi connectivity index (χ3n) is 3.72. The zero-order chi connectivity index (χ0) is 17.9. The van der Waals surface area contributed by atoms with Gasteiger partial charge in [-0.2, -0.15) is 18.4 Å². The number of benzene rings is 2. The SMILES string of the molecule is N#C/C(=C\c1ccn(-c2ccccc2)c1)c1ccc(C(F)(F)F)cc1. The summed E-state index contributed by atoms with van der Waals surface area (Å²) in [5.74, 6) is 0. The molecule has 25 heavy (non-hydrogen) atoms. The van der Waals surface area contributed by atoms with Gasteiger partial charge in [-0.3, -0.25) is 0 Å². The molecule has 0 bridgehead atoms. The first-order chi connectivity index (χ1) is 12.0. The second-order valence-electron chi connectivity index (χ2n) is 5.43. The summed E-state index contributed by atoms with van der Waals surface area (Å²) in [7, 11) is 0. The molecule has 3 aromatic rings. The van der Waals surface area contributed by atoms with Gasteiger partial charge in [-0.05, 0) is 47.5 Å². The van der Waals surface area contributed by atoms with Crippen molar-refractivity contribution >= 4 is 11.6 Å². The van der Waals surface area contributed by atoms with E-state index in [4.69, 9.17) is 0 Å². The monoisotopic (exact) mass is 338 g/mol. The maximum atomic E-state index is 12.6. The number of nitriles is 1. The summed E-state index contributed by atoms with van der Waals surface area (Å²) in [6.45, 7) is 0. The number of nitrogens with zero attached hydrogens (tertiary/aromatic N) is 2. The number of hydrogen-bond acceptors (Lipinski definition) is 1. The number of allylic oxidation sites excluding steroid dienone is 1. The summed E-state index contributed by atoms with van der Waals surface area (Å²) < 4.78 is 39.8. The molecule has 0 unspecified atom stereocenters. The highest BCUT2D eigenvalue weighted by Gasteiger charge is 2.30. The van der Waals surface area contributed by atoms with E-state index in [0.29, 0.717) is 11.1 Å². The highest BCUT2D eigenvalue weighted by molar-refractivity contribution is 5.89. The molecule has 0 N–H and O–H groups in total. The molecule has 0 aliphatic rings. The van der Waals surface area contributed by atoms with Crippen molar-refractivity contribution in [3.63, 3.8) is 0 Å². The largest absolute Gasteiger partial charge is 0.416 e. The summed E-state index contributed by atoms with van der Waals surface area (Å²) in [5, 5.41) is 9.35. The number of aromatic nitrogens is 1. The fourth-order valence-corrected chi connectivity index (χ4v) is 2.44. The molecule has 0 aliphatic carbocycles. The molecule has 0 fully saturated rings. The zero-order valence-corrected chi connectivity index (χ0v) is 13.0. The van der Waals surface area contributed by atoms with Crippen LogP contribution in [0.3, 0.4) is 0 Å². The Morgan fingerprint density at radius 3 is 2.24 bits per heavy atom. The Bertz CT molecular complexity index is 928. The van der Waals surface area contributed by atoms with Crippen LogP contribution in [0, 0.1) is 11.3 Å². The first-order valence-electron chi connectivity index (χ1n) is 7.50. The van der Waals surface area contributed by atoms with Gasteiger partial charge in [-0.1, -0.05) is 30.3 Å². The Hall–Kier alpha value is -3.26. The normalized spacial score (nSPS) is 12.0. The Balaban J connectivity index is 1.89. The van der Waals surface area contributed by atoms with Crippen LogP contribution in [0.1, 0.15) is 16.7 Å². The van der Waals surface area contributed by atoms with Gasteiger partial charge in [0.1, 0.15) is 0 Å². The van der Waals surface area contributed by atoms with Gasteiger partial charge >= 0.3 is 6.18 Å². The first-order valence-corrected chi connectivity index (χ1v) is 7.50. The zero-order valence-electron chi connectivity index (χ0n) is 13.0. The molecule has 0 amide bonds. The summed E-state index contributed by atoms with van der Waals surface area (Å²) in [4.78, 5) is 0. The lowest BCUT2D eigenvalue weighted by atomic mass is 10.0. The number of halogens is 3. The van der Waals surface area contributed by atoms with E-state index in [1.165, 1.54) is 12.1 Å². The van der Waals surface area contributed by atoms with E-state index in [-0.39, 0.29) is 0 Å². The van der Waals surface area contributed by atoms with Crippen molar-refractivity contribution in [1.29, 1.82) is 5.26 Å². The van der Waals surface area contributed by atoms with Gasteiger partial charge in [0, 0.05) is 18.1 Å². The second kappa shape index (κ2) is 6.70. The van der Waals surface area contributed by atoms with E-state index in [0.717, 1.165) is 23.4 Å². The van der Waals surface area contributed by atoms with Gasteiger partial charge in [0.15, 0.2) is 0 Å². The van der Waals surface area contributed by atoms with E-state index in [1.807, 2.05) is 59.4 Å². The van der Waals surface area contributed by atoms with E-state index < -0.39 is 11.7 Å². The standard InChI is InChI=1S/C20H13F3N2/c21-20(22,23)18-8-6-16(7-9-18)17(13-24)12-15-10-11-25(14-15)19-4-2-1-3-5-19/h1-12,14H/b17-12+. The van der Waals surface area contributed by atoms with Crippen molar-refractivity contribution in [1.82, 2.24) is 4.57 Å². The smallest absolute Gasteiger partial charge is 0.323 e. The molecule has 124 valence electrons. The number of rotatable bonds is 3. The molecule has 0 atom stereocenters. The molecule has 1 aromatic heterocycles. The Labute approximate surface area is 143 Å². The third-order valence-corrected chi connectivity index (χ3v) is 3.72. The minimum atomic E-state index is -4.39. The molecule has 0 spiro atoms. The van der Waals surface area contributed by atoms with Crippen molar-refractivity contribution in [3.8, 4) is 11.8 Å². The van der Waals surface area contributed by atoms with E-state index in [9.17, 15) is 18.4 Å². The lowest BCUT2D eigenvalue weighted by Gasteiger charge is -2.07. The Morgan fingerprint density at radius 2 is 1.64 bits per heavy atom. The summed E-state index contributed by atoms with van der Waals surface area (Å²) >= 11 is 0. The summed E-state index contributed by atoms with van der Waals surface area (Å²) in [6, 6.07) is 18.2. The van der Waals surface area contributed by atoms with Gasteiger partial charge < -0.3 is 4.57 Å². The van der Waals surface area contributed by atoms with Crippen LogP contribution in [0.25, 0.3) is 17.3 Å². The fourth-order valence-electron chi connectivity index (χ4n) is 2.44. The number of para-hydroxylation sites is 1. The quantitative estimate of drug-likeness (QED) is 0.575. The van der Waals surface area contributed by atoms with E-state index >= 15 is 0 Å². The van der Waals surface area contributed by atoms with Crippen LogP contribution in [-0.2, 0) is 6.18 Å². The molecule has 0 aliphatic heterocycles. The summed E-state index contributed by atoms with van der Waals surface area (Å²) in [6.07, 6.45) is 0.990. The van der Waals surface area contributed by atoms with Crippen LogP contribution in [0.15, 0.2) is 73.1 Å². The van der Waals surface area contributed by atoms with Crippen molar-refractivity contribution in [3.05, 3.63) is 89.7 Å². The van der Waals surface area contributed by atoms with Crippen LogP contribution in [0.4, 0.5) is 13.2 Å². The van der Waals surface area contributed by atoms with Gasteiger partial charge in [-0.15, -0.1) is 0 Å². The number of alkyl halides is 3. The first kappa shape index (κ1) is 16.6. The van der Waals surface area contributed by atoms with Crippen molar-refractivity contribution in [2.75, 3.05) is 0 Å². The molecule has 2 aromatic carbocycles. The Morgan fingerprint density at radius 1 is 0.960 bits per heavy atom. The van der Waals surface area contributed by atoms with E-state index in [2.05, 4.69) is 0 Å². The maximum absolute atomic E-state index is 12.6. The van der Waals surface area contributed by atoms with E-state index in [1.54, 1.807) is 6.08 Å². The molecular formula is C20H13F3N2. The van der Waals surface area contributed by atoms with Crippen molar-refractivity contribution in [2.24, 2.45) is 0 Å². The average Bonchev–Trinajstić information content (AvgIpc) is 3.08. The predicted molar refractivity (Wildman–Crippen MR) is 90.7 cm³/mol. The highest BCUT2D eigenvalue weighted by atomic mass is 19.4. The highest BCUT2D eigenvalue weighted by Crippen LogP contribution is 2.30. The van der Waals surface area contributed by atoms with Crippen LogP contribution < -0.4 is 0 Å². The fraction of sp³-hybridized carbons (Fsp3) is 0.0500. The van der Waals surface area contributed by atoms with Crippen molar-refractivity contribution < 1.29 is 13.2 Å². The van der Waals surface area contributed by atoms with Crippen molar-refractivity contribution in [2.45, 2.75) is 6.18 Å². The lowest BCUT2D eigenvalue weighted by molar-refractivity contribution is -0.137. The maximum Gasteiger partial charge on any atom is 0.416 e. The molecule has 0 saturated carbocycles. The van der Waals surface area contributed by atoms with Gasteiger partial charge in [0.05, 0.1) is 17.2 Å². The van der Waals surface area contributed by atoms with Crippen LogP contribution in [-0.4, -0.2) is 4.57 Å². The van der Waals surface area contributed by atoms with Crippen LogP contribution in [0.5, 0.6) is 0 Å². The molecular weight excluding hydrogens is 325 g/mol. The molecule has 1 heterocycles. The van der Waals surface area contributed by atoms with Gasteiger partial charge in [0.25, 0.3) is 0 Å². The third kappa shape index (κ3) is 3.81. The molecule has 0 saturated heterocycles. The number of hydrogen-bond donors (Lipinski definition) is 0. The molecule has 0 radical (unpaired) electrons. The van der Waals surface area contributed by atoms with Gasteiger partial charge in [0.2, 0.25) is 0 Å². The van der Waals surface area contributed by atoms with Crippen LogP contribution in [0.2, 0.25) is 0 Å². The average molecular weight is 338 g/mol. The minimum absolute atomic E-state index is 0.305. The molecule has 5 heteroatoms. The minimum Gasteiger partial charge on any atom is -0.323 e. The van der Waals surface area contributed by atoms with Crippen LogP contribution >= 0.6 is 0 Å². The molecule has 2 nitrogen and oxygen atoms in total. The topological polar surface area (TPSA) is 28.7 Å². The second-order valence-corrected chi connectivity index (χ2v) is 5.43. The van der Waals surface area contributed by atoms with Gasteiger partial charge in [-0.25, -0.2) is 0 Å².